The van der Waals surface area contributed by atoms with Gasteiger partial charge in [0.05, 0.1) is 5.39 Å². The normalized spacial score (nSPS) is 10.8. The summed E-state index contributed by atoms with van der Waals surface area (Å²) in [6.45, 7) is 2.40. The molecule has 1 amide bonds. The zero-order chi connectivity index (χ0) is 17.8. The van der Waals surface area contributed by atoms with Gasteiger partial charge in [-0.3, -0.25) is 9.59 Å². The van der Waals surface area contributed by atoms with Crippen molar-refractivity contribution in [3.05, 3.63) is 69.9 Å². The predicted octanol–water partition coefficient (Wildman–Crippen LogP) is 2.88. The maximum absolute atomic E-state index is 12.3. The second-order valence-electron chi connectivity index (χ2n) is 5.88. The summed E-state index contributed by atoms with van der Waals surface area (Å²) in [4.78, 5) is 24.3. The number of hydrogen-bond acceptors (Lipinski definition) is 4. The summed E-state index contributed by atoms with van der Waals surface area (Å²) < 4.78 is 5.84. The fourth-order valence-electron chi connectivity index (χ4n) is 2.58. The fourth-order valence-corrected chi connectivity index (χ4v) is 2.58. The van der Waals surface area contributed by atoms with Gasteiger partial charge in [0.15, 0.2) is 5.43 Å². The first kappa shape index (κ1) is 16.9. The summed E-state index contributed by atoms with van der Waals surface area (Å²) in [5.41, 5.74) is 2.70. The first-order chi connectivity index (χ1) is 12.1. The van der Waals surface area contributed by atoms with Crippen LogP contribution < -0.4 is 10.7 Å². The number of carbonyl (C=O) groups is 1. The van der Waals surface area contributed by atoms with E-state index in [2.05, 4.69) is 5.32 Å². The van der Waals surface area contributed by atoms with Gasteiger partial charge in [0.25, 0.3) is 5.91 Å². The zero-order valence-electron chi connectivity index (χ0n) is 13.9. The molecule has 0 spiro atoms. The van der Waals surface area contributed by atoms with Crippen molar-refractivity contribution in [2.75, 3.05) is 13.2 Å². The van der Waals surface area contributed by atoms with Crippen LogP contribution in [0.15, 0.2) is 57.7 Å². The molecule has 25 heavy (non-hydrogen) atoms. The molecule has 2 N–H and O–H groups in total. The molecule has 0 fully saturated rings. The van der Waals surface area contributed by atoms with E-state index < -0.39 is 0 Å². The van der Waals surface area contributed by atoms with Gasteiger partial charge >= 0.3 is 0 Å². The Bertz CT molecular complexity index is 958. The largest absolute Gasteiger partial charge is 0.456 e. The number of benzene rings is 2. The van der Waals surface area contributed by atoms with E-state index in [0.717, 1.165) is 11.1 Å². The van der Waals surface area contributed by atoms with Crippen LogP contribution in [0, 0.1) is 6.92 Å². The molecule has 0 aliphatic rings. The van der Waals surface area contributed by atoms with Gasteiger partial charge < -0.3 is 14.8 Å². The number of fused-ring (bicyclic) bond motifs is 1. The molecular formula is C20H19NO4. The molecule has 0 bridgehead atoms. The summed E-state index contributed by atoms with van der Waals surface area (Å²) in [6, 6.07) is 13.8. The van der Waals surface area contributed by atoms with Crippen molar-refractivity contribution in [2.45, 2.75) is 13.3 Å². The van der Waals surface area contributed by atoms with Gasteiger partial charge in [-0.15, -0.1) is 0 Å². The number of nitrogens with one attached hydrogen (secondary N) is 1. The van der Waals surface area contributed by atoms with Gasteiger partial charge in [-0.05, 0) is 37.6 Å². The minimum atomic E-state index is -0.199. The van der Waals surface area contributed by atoms with Crippen molar-refractivity contribution in [3.63, 3.8) is 0 Å². The highest BCUT2D eigenvalue weighted by molar-refractivity contribution is 5.94. The van der Waals surface area contributed by atoms with E-state index in [1.165, 1.54) is 6.07 Å². The van der Waals surface area contributed by atoms with E-state index in [9.17, 15) is 9.59 Å². The van der Waals surface area contributed by atoms with Gasteiger partial charge in [-0.1, -0.05) is 23.8 Å². The molecule has 0 unspecified atom stereocenters. The van der Waals surface area contributed by atoms with Crippen LogP contribution in [0.1, 0.15) is 22.3 Å². The lowest BCUT2D eigenvalue weighted by Crippen LogP contribution is -2.24. The number of aryl methyl sites for hydroxylation is 1. The number of aliphatic hydroxyl groups is 1. The third-order valence-electron chi connectivity index (χ3n) is 3.93. The van der Waals surface area contributed by atoms with E-state index in [1.807, 2.05) is 19.1 Å². The second kappa shape index (κ2) is 7.32. The van der Waals surface area contributed by atoms with Gasteiger partial charge in [0, 0.05) is 30.3 Å². The van der Waals surface area contributed by atoms with Gasteiger partial charge in [0.2, 0.25) is 0 Å². The Morgan fingerprint density at radius 3 is 2.60 bits per heavy atom. The molecule has 0 saturated carbocycles. The predicted molar refractivity (Wildman–Crippen MR) is 96.7 cm³/mol. The van der Waals surface area contributed by atoms with Crippen LogP contribution in [0.5, 0.6) is 0 Å². The standard InChI is InChI=1S/C20H19NO4/c1-13-3-8-18-16(11-13)17(23)12-19(25-18)14-4-6-15(7-5-14)20(24)21-9-2-10-22/h3-8,11-12,22H,2,9-10H2,1H3,(H,21,24). The van der Waals surface area contributed by atoms with E-state index in [0.29, 0.717) is 35.3 Å². The van der Waals surface area contributed by atoms with Crippen molar-refractivity contribution in [1.29, 1.82) is 0 Å². The smallest absolute Gasteiger partial charge is 0.251 e. The third kappa shape index (κ3) is 3.78. The lowest BCUT2D eigenvalue weighted by Gasteiger charge is -2.06. The molecule has 0 radical (unpaired) electrons. The average Bonchev–Trinajstić information content (AvgIpc) is 2.62. The minimum Gasteiger partial charge on any atom is -0.456 e. The van der Waals surface area contributed by atoms with Crippen molar-refractivity contribution in [2.24, 2.45) is 0 Å². The van der Waals surface area contributed by atoms with Crippen LogP contribution in [0.4, 0.5) is 0 Å². The van der Waals surface area contributed by atoms with E-state index >= 15 is 0 Å². The Morgan fingerprint density at radius 1 is 1.12 bits per heavy atom. The quantitative estimate of drug-likeness (QED) is 0.702. The van der Waals surface area contributed by atoms with Crippen molar-refractivity contribution in [1.82, 2.24) is 5.32 Å². The minimum absolute atomic E-state index is 0.0414. The SMILES string of the molecule is Cc1ccc2oc(-c3ccc(C(=O)NCCCO)cc3)cc(=O)c2c1. The number of rotatable bonds is 5. The fraction of sp³-hybridized carbons (Fsp3) is 0.200. The molecular weight excluding hydrogens is 318 g/mol. The molecule has 5 nitrogen and oxygen atoms in total. The molecule has 1 aromatic heterocycles. The monoisotopic (exact) mass is 337 g/mol. The number of hydrogen-bond donors (Lipinski definition) is 2. The molecule has 128 valence electrons. The number of amides is 1. The van der Waals surface area contributed by atoms with Crippen LogP contribution in [-0.2, 0) is 0 Å². The first-order valence-corrected chi connectivity index (χ1v) is 8.12. The lowest BCUT2D eigenvalue weighted by molar-refractivity contribution is 0.0951. The Hall–Kier alpha value is -2.92. The number of carbonyl (C=O) groups excluding carboxylic acids is 1. The first-order valence-electron chi connectivity index (χ1n) is 8.12. The molecule has 2 aromatic carbocycles. The van der Waals surface area contributed by atoms with Gasteiger partial charge in [-0.2, -0.15) is 0 Å². The molecule has 5 heteroatoms. The second-order valence-corrected chi connectivity index (χ2v) is 5.88. The molecule has 0 atom stereocenters. The molecule has 3 aromatic rings. The van der Waals surface area contributed by atoms with E-state index in [1.54, 1.807) is 30.3 Å². The van der Waals surface area contributed by atoms with Crippen molar-refractivity contribution < 1.29 is 14.3 Å². The maximum atomic E-state index is 12.3. The Kier molecular flexibility index (Phi) is 4.95. The summed E-state index contributed by atoms with van der Waals surface area (Å²) >= 11 is 0. The highest BCUT2D eigenvalue weighted by Gasteiger charge is 2.09. The molecule has 0 aliphatic heterocycles. The van der Waals surface area contributed by atoms with Crippen LogP contribution in [0.2, 0.25) is 0 Å². The summed E-state index contributed by atoms with van der Waals surface area (Å²) in [7, 11) is 0. The summed E-state index contributed by atoms with van der Waals surface area (Å²) in [6.07, 6.45) is 0.519. The zero-order valence-corrected chi connectivity index (χ0v) is 13.9. The molecule has 0 saturated heterocycles. The highest BCUT2D eigenvalue weighted by atomic mass is 16.3. The summed E-state index contributed by atoms with van der Waals surface area (Å²) in [5.74, 6) is 0.268. The highest BCUT2D eigenvalue weighted by Crippen LogP contribution is 2.23. The lowest BCUT2D eigenvalue weighted by atomic mass is 10.1. The van der Waals surface area contributed by atoms with Crippen molar-refractivity contribution in [3.8, 4) is 11.3 Å². The van der Waals surface area contributed by atoms with Crippen LogP contribution in [-0.4, -0.2) is 24.2 Å². The average molecular weight is 337 g/mol. The Balaban J connectivity index is 1.87. The maximum Gasteiger partial charge on any atom is 0.251 e. The van der Waals surface area contributed by atoms with Crippen LogP contribution >= 0.6 is 0 Å². The van der Waals surface area contributed by atoms with E-state index in [4.69, 9.17) is 9.52 Å². The Morgan fingerprint density at radius 2 is 1.88 bits per heavy atom. The molecule has 3 rings (SSSR count). The van der Waals surface area contributed by atoms with Crippen LogP contribution in [0.25, 0.3) is 22.3 Å². The third-order valence-corrected chi connectivity index (χ3v) is 3.93. The topological polar surface area (TPSA) is 79.5 Å². The summed E-state index contributed by atoms with van der Waals surface area (Å²) in [5, 5.41) is 12.0. The van der Waals surface area contributed by atoms with Gasteiger partial charge in [-0.25, -0.2) is 0 Å². The van der Waals surface area contributed by atoms with E-state index in [-0.39, 0.29) is 17.9 Å². The van der Waals surface area contributed by atoms with Crippen molar-refractivity contribution >= 4 is 16.9 Å². The number of aliphatic hydroxyl groups excluding tert-OH is 1. The molecule has 1 heterocycles. The Labute approximate surface area is 144 Å². The van der Waals surface area contributed by atoms with Gasteiger partial charge in [0.1, 0.15) is 11.3 Å². The molecule has 0 aliphatic carbocycles. The van der Waals surface area contributed by atoms with Crippen LogP contribution in [0.3, 0.4) is 0 Å².